The Kier molecular flexibility index (Phi) is 6.58. The van der Waals surface area contributed by atoms with Crippen molar-refractivity contribution in [3.8, 4) is 11.3 Å². The molecule has 196 valence electrons. The summed E-state index contributed by atoms with van der Waals surface area (Å²) in [5.74, 6) is 0.426. The van der Waals surface area contributed by atoms with Crippen molar-refractivity contribution in [2.45, 2.75) is 39.3 Å². The standard InChI is InChI=1S/C27H30N8O3/c1-16-21-12-22(33-24(21)30-15-29-16)17-5-7-18(8-6-17)31-25(36)34-23-11-20(9-10-28-23)35-13-19(14-35)32-26(37)38-27(2,3)4/h5-12,15,19H,13-14H2,1-4H3,(H,32,37)(H,29,30,33)(H2,28,31,34,36). The Labute approximate surface area is 220 Å². The summed E-state index contributed by atoms with van der Waals surface area (Å²) < 4.78 is 5.30. The fourth-order valence-electron chi connectivity index (χ4n) is 4.17. The number of amides is 3. The monoisotopic (exact) mass is 514 g/mol. The Bertz CT molecular complexity index is 1470. The Hall–Kier alpha value is -4.67. The summed E-state index contributed by atoms with van der Waals surface area (Å²) >= 11 is 0. The number of hydrogen-bond acceptors (Lipinski definition) is 7. The molecule has 4 aromatic rings. The van der Waals surface area contributed by atoms with E-state index < -0.39 is 17.7 Å². The van der Waals surface area contributed by atoms with Gasteiger partial charge in [-0.1, -0.05) is 12.1 Å². The number of aryl methyl sites for hydroxylation is 1. The van der Waals surface area contributed by atoms with Crippen molar-refractivity contribution in [1.82, 2.24) is 25.3 Å². The van der Waals surface area contributed by atoms with Gasteiger partial charge in [0, 0.05) is 47.8 Å². The first-order valence-corrected chi connectivity index (χ1v) is 12.3. The van der Waals surface area contributed by atoms with E-state index in [4.69, 9.17) is 4.74 Å². The van der Waals surface area contributed by atoms with Crippen molar-refractivity contribution in [3.05, 3.63) is 60.7 Å². The number of pyridine rings is 1. The second-order valence-corrected chi connectivity index (χ2v) is 10.2. The van der Waals surface area contributed by atoms with E-state index >= 15 is 0 Å². The Morgan fingerprint density at radius 1 is 1.03 bits per heavy atom. The number of carbonyl (C=O) groups excluding carboxylic acids is 2. The van der Waals surface area contributed by atoms with Crippen molar-refractivity contribution < 1.29 is 14.3 Å². The van der Waals surface area contributed by atoms with E-state index in [-0.39, 0.29) is 6.04 Å². The summed E-state index contributed by atoms with van der Waals surface area (Å²) in [7, 11) is 0. The largest absolute Gasteiger partial charge is 0.444 e. The van der Waals surface area contributed by atoms with Gasteiger partial charge in [0.1, 0.15) is 23.4 Å². The molecule has 0 atom stereocenters. The van der Waals surface area contributed by atoms with Crippen LogP contribution >= 0.6 is 0 Å². The van der Waals surface area contributed by atoms with E-state index in [2.05, 4.69) is 40.8 Å². The summed E-state index contributed by atoms with van der Waals surface area (Å²) in [5, 5.41) is 9.45. The normalized spacial score (nSPS) is 13.6. The van der Waals surface area contributed by atoms with Crippen LogP contribution in [0, 0.1) is 6.92 Å². The number of anilines is 3. The lowest BCUT2D eigenvalue weighted by molar-refractivity contribution is 0.0496. The zero-order valence-corrected chi connectivity index (χ0v) is 21.7. The molecule has 0 unspecified atom stereocenters. The number of nitrogens with one attached hydrogen (secondary N) is 4. The van der Waals surface area contributed by atoms with Crippen LogP contribution < -0.4 is 20.9 Å². The van der Waals surface area contributed by atoms with Crippen LogP contribution in [0.4, 0.5) is 26.8 Å². The van der Waals surface area contributed by atoms with Crippen molar-refractivity contribution in [2.24, 2.45) is 0 Å². The van der Waals surface area contributed by atoms with Gasteiger partial charge in [0.05, 0.1) is 11.7 Å². The molecule has 1 fully saturated rings. The van der Waals surface area contributed by atoms with Gasteiger partial charge in [-0.15, -0.1) is 0 Å². The third kappa shape index (κ3) is 5.83. The van der Waals surface area contributed by atoms with Crippen molar-refractivity contribution >= 4 is 40.4 Å². The molecule has 0 radical (unpaired) electrons. The first-order chi connectivity index (χ1) is 18.1. The van der Waals surface area contributed by atoms with Crippen LogP contribution in [0.15, 0.2) is 55.0 Å². The van der Waals surface area contributed by atoms with Crippen LogP contribution in [0.1, 0.15) is 26.5 Å². The maximum atomic E-state index is 12.6. The van der Waals surface area contributed by atoms with Crippen molar-refractivity contribution in [2.75, 3.05) is 28.6 Å². The minimum Gasteiger partial charge on any atom is -0.444 e. The predicted octanol–water partition coefficient (Wildman–Crippen LogP) is 4.69. The molecule has 11 nitrogen and oxygen atoms in total. The smallest absolute Gasteiger partial charge is 0.407 e. The molecule has 3 aromatic heterocycles. The van der Waals surface area contributed by atoms with Crippen LogP contribution in [0.5, 0.6) is 0 Å². The molecule has 1 aliphatic heterocycles. The number of benzene rings is 1. The minimum absolute atomic E-state index is 0.00186. The van der Waals surface area contributed by atoms with E-state index in [0.717, 1.165) is 33.7 Å². The summed E-state index contributed by atoms with van der Waals surface area (Å²) in [5.41, 5.74) is 4.61. The molecule has 4 heterocycles. The highest BCUT2D eigenvalue weighted by molar-refractivity contribution is 5.99. The average molecular weight is 515 g/mol. The lowest BCUT2D eigenvalue weighted by Crippen LogP contribution is -2.60. The van der Waals surface area contributed by atoms with Gasteiger partial charge >= 0.3 is 12.1 Å². The Morgan fingerprint density at radius 3 is 2.50 bits per heavy atom. The zero-order chi connectivity index (χ0) is 26.9. The predicted molar refractivity (Wildman–Crippen MR) is 146 cm³/mol. The Morgan fingerprint density at radius 2 is 1.79 bits per heavy atom. The van der Waals surface area contributed by atoms with Gasteiger partial charge < -0.3 is 25.3 Å². The molecule has 3 amide bonds. The number of ether oxygens (including phenoxy) is 1. The first-order valence-electron chi connectivity index (χ1n) is 12.3. The molecule has 5 rings (SSSR count). The number of aromatic nitrogens is 4. The second-order valence-electron chi connectivity index (χ2n) is 10.2. The summed E-state index contributed by atoms with van der Waals surface area (Å²) in [6, 6.07) is 12.8. The van der Waals surface area contributed by atoms with Crippen LogP contribution in [-0.4, -0.2) is 56.8 Å². The lowest BCUT2D eigenvalue weighted by atomic mass is 10.1. The van der Waals surface area contributed by atoms with Gasteiger partial charge in [0.15, 0.2) is 0 Å². The molecule has 1 aromatic carbocycles. The third-order valence-electron chi connectivity index (χ3n) is 6.03. The maximum absolute atomic E-state index is 12.6. The van der Waals surface area contributed by atoms with Gasteiger partial charge in [0.2, 0.25) is 0 Å². The summed E-state index contributed by atoms with van der Waals surface area (Å²) in [6.07, 6.45) is 2.76. The van der Waals surface area contributed by atoms with E-state index in [1.54, 1.807) is 18.6 Å². The van der Waals surface area contributed by atoms with Crippen LogP contribution in [0.2, 0.25) is 0 Å². The number of aromatic amines is 1. The molecule has 1 saturated heterocycles. The van der Waals surface area contributed by atoms with E-state index in [1.807, 2.05) is 64.1 Å². The molecule has 0 saturated carbocycles. The molecule has 0 aliphatic carbocycles. The highest BCUT2D eigenvalue weighted by atomic mass is 16.6. The van der Waals surface area contributed by atoms with Gasteiger partial charge in [-0.3, -0.25) is 5.32 Å². The number of carbonyl (C=O) groups is 2. The fourth-order valence-corrected chi connectivity index (χ4v) is 4.17. The molecule has 0 spiro atoms. The third-order valence-corrected chi connectivity index (χ3v) is 6.03. The average Bonchev–Trinajstić information content (AvgIpc) is 3.26. The van der Waals surface area contributed by atoms with Crippen LogP contribution in [-0.2, 0) is 4.74 Å². The van der Waals surface area contributed by atoms with E-state index in [0.29, 0.717) is 24.6 Å². The second kappa shape index (κ2) is 10.0. The molecule has 4 N–H and O–H groups in total. The number of alkyl carbamates (subject to hydrolysis) is 1. The summed E-state index contributed by atoms with van der Waals surface area (Å²) in [6.45, 7) is 8.73. The number of hydrogen-bond donors (Lipinski definition) is 4. The molecule has 38 heavy (non-hydrogen) atoms. The van der Waals surface area contributed by atoms with Crippen LogP contribution in [0.25, 0.3) is 22.3 Å². The summed E-state index contributed by atoms with van der Waals surface area (Å²) in [4.78, 5) is 42.7. The zero-order valence-electron chi connectivity index (χ0n) is 21.7. The number of urea groups is 1. The number of rotatable bonds is 5. The van der Waals surface area contributed by atoms with Gasteiger partial charge in [-0.05, 0) is 57.5 Å². The highest BCUT2D eigenvalue weighted by Crippen LogP contribution is 2.26. The molecular formula is C27H30N8O3. The van der Waals surface area contributed by atoms with E-state index in [9.17, 15) is 9.59 Å². The molecule has 11 heteroatoms. The SMILES string of the molecule is Cc1ncnc2[nH]c(-c3ccc(NC(=O)Nc4cc(N5CC(NC(=O)OC(C)(C)C)C5)ccn4)cc3)cc12. The number of fused-ring (bicyclic) bond motifs is 1. The lowest BCUT2D eigenvalue weighted by Gasteiger charge is -2.41. The maximum Gasteiger partial charge on any atom is 0.407 e. The number of H-pyrrole nitrogens is 1. The highest BCUT2D eigenvalue weighted by Gasteiger charge is 2.30. The van der Waals surface area contributed by atoms with Crippen LogP contribution in [0.3, 0.4) is 0 Å². The topological polar surface area (TPSA) is 137 Å². The first kappa shape index (κ1) is 25.0. The van der Waals surface area contributed by atoms with Gasteiger partial charge in [-0.25, -0.2) is 24.5 Å². The van der Waals surface area contributed by atoms with Gasteiger partial charge in [0.25, 0.3) is 0 Å². The number of nitrogens with zero attached hydrogens (tertiary/aromatic N) is 4. The van der Waals surface area contributed by atoms with Crippen molar-refractivity contribution in [1.29, 1.82) is 0 Å². The fraction of sp³-hybridized carbons (Fsp3) is 0.296. The minimum atomic E-state index is -0.534. The molecule has 0 bridgehead atoms. The molecular weight excluding hydrogens is 484 g/mol. The quantitative estimate of drug-likeness (QED) is 0.303. The van der Waals surface area contributed by atoms with E-state index in [1.165, 1.54) is 0 Å². The van der Waals surface area contributed by atoms with Gasteiger partial charge in [-0.2, -0.15) is 0 Å². The molecule has 1 aliphatic rings. The van der Waals surface area contributed by atoms with Crippen molar-refractivity contribution in [3.63, 3.8) is 0 Å². The Balaban J connectivity index is 1.14.